The molecule has 0 aliphatic heterocycles. The first-order valence-electron chi connectivity index (χ1n) is 6.59. The molecule has 0 amide bonds. The van der Waals surface area contributed by atoms with Gasteiger partial charge in [0, 0.05) is 17.7 Å². The zero-order valence-corrected chi connectivity index (χ0v) is 12.5. The van der Waals surface area contributed by atoms with Crippen LogP contribution in [-0.2, 0) is 16.0 Å². The Morgan fingerprint density at radius 3 is 2.48 bits per heavy atom. The molecular formula is C17H16ClNO2. The summed E-state index contributed by atoms with van der Waals surface area (Å²) in [4.78, 5) is 16.2. The summed E-state index contributed by atoms with van der Waals surface area (Å²) in [7, 11) is 1.37. The summed E-state index contributed by atoms with van der Waals surface area (Å²) in [5.41, 5.74) is 1.93. The van der Waals surface area contributed by atoms with Crippen molar-refractivity contribution < 1.29 is 9.53 Å². The van der Waals surface area contributed by atoms with Crippen LogP contribution in [0.25, 0.3) is 0 Å². The van der Waals surface area contributed by atoms with Crippen molar-refractivity contribution in [3.63, 3.8) is 0 Å². The molecule has 2 aromatic rings. The van der Waals surface area contributed by atoms with Crippen molar-refractivity contribution >= 4 is 23.8 Å². The van der Waals surface area contributed by atoms with E-state index in [2.05, 4.69) is 4.99 Å². The van der Waals surface area contributed by atoms with Crippen molar-refractivity contribution in [3.8, 4) is 0 Å². The van der Waals surface area contributed by atoms with Crippen molar-refractivity contribution in [1.29, 1.82) is 0 Å². The number of carbonyl (C=O) groups excluding carboxylic acids is 1. The van der Waals surface area contributed by atoms with Gasteiger partial charge < -0.3 is 4.74 Å². The number of esters is 1. The number of nitrogens with zero attached hydrogens (tertiary/aromatic N) is 1. The van der Waals surface area contributed by atoms with E-state index in [1.807, 2.05) is 42.5 Å². The first kappa shape index (κ1) is 15.3. The van der Waals surface area contributed by atoms with Crippen molar-refractivity contribution in [3.05, 3.63) is 70.7 Å². The Morgan fingerprint density at radius 1 is 1.19 bits per heavy atom. The van der Waals surface area contributed by atoms with Crippen molar-refractivity contribution in [1.82, 2.24) is 0 Å². The van der Waals surface area contributed by atoms with E-state index in [1.54, 1.807) is 18.3 Å². The van der Waals surface area contributed by atoms with Crippen molar-refractivity contribution in [2.75, 3.05) is 7.11 Å². The van der Waals surface area contributed by atoms with E-state index in [4.69, 9.17) is 16.3 Å². The minimum absolute atomic E-state index is 0.343. The highest BCUT2D eigenvalue weighted by atomic mass is 35.5. The van der Waals surface area contributed by atoms with E-state index in [0.29, 0.717) is 11.4 Å². The maximum absolute atomic E-state index is 11.8. The number of benzene rings is 2. The molecule has 0 aromatic heterocycles. The topological polar surface area (TPSA) is 38.7 Å². The number of ether oxygens (including phenoxy) is 1. The van der Waals surface area contributed by atoms with E-state index >= 15 is 0 Å². The second-order valence-corrected chi connectivity index (χ2v) is 4.99. The summed E-state index contributed by atoms with van der Waals surface area (Å²) < 4.78 is 4.82. The lowest BCUT2D eigenvalue weighted by Crippen LogP contribution is -2.23. The summed E-state index contributed by atoms with van der Waals surface area (Å²) in [6, 6.07) is 16.5. The average Bonchev–Trinajstić information content (AvgIpc) is 2.53. The average molecular weight is 302 g/mol. The van der Waals surface area contributed by atoms with Crippen molar-refractivity contribution in [2.24, 2.45) is 4.99 Å². The van der Waals surface area contributed by atoms with E-state index in [1.165, 1.54) is 7.11 Å². The Bertz CT molecular complexity index is 608. The van der Waals surface area contributed by atoms with Gasteiger partial charge in [-0.3, -0.25) is 4.99 Å². The fraction of sp³-hybridized carbons (Fsp3) is 0.176. The van der Waals surface area contributed by atoms with Gasteiger partial charge in [-0.1, -0.05) is 54.1 Å². The highest BCUT2D eigenvalue weighted by molar-refractivity contribution is 6.30. The zero-order chi connectivity index (χ0) is 15.1. The molecule has 0 radical (unpaired) electrons. The number of hydrogen-bond donors (Lipinski definition) is 0. The molecule has 0 aliphatic carbocycles. The molecular weight excluding hydrogens is 286 g/mol. The molecule has 21 heavy (non-hydrogen) atoms. The predicted molar refractivity (Wildman–Crippen MR) is 85.0 cm³/mol. The number of hydrogen-bond acceptors (Lipinski definition) is 3. The van der Waals surface area contributed by atoms with Gasteiger partial charge in [-0.05, 0) is 23.3 Å². The molecule has 3 nitrogen and oxygen atoms in total. The Hall–Kier alpha value is -2.13. The number of aliphatic imine (C=N–C) groups is 1. The first-order valence-corrected chi connectivity index (χ1v) is 6.97. The van der Waals surface area contributed by atoms with Crippen LogP contribution in [0.3, 0.4) is 0 Å². The molecule has 1 unspecified atom stereocenters. The van der Waals surface area contributed by atoms with Gasteiger partial charge in [-0.2, -0.15) is 0 Å². The largest absolute Gasteiger partial charge is 0.467 e. The van der Waals surface area contributed by atoms with Crippen LogP contribution < -0.4 is 0 Å². The van der Waals surface area contributed by atoms with Crippen LogP contribution in [0, 0.1) is 0 Å². The molecule has 0 saturated carbocycles. The van der Waals surface area contributed by atoms with E-state index < -0.39 is 6.04 Å². The van der Waals surface area contributed by atoms with E-state index in [0.717, 1.165) is 11.1 Å². The van der Waals surface area contributed by atoms with Crippen LogP contribution >= 0.6 is 11.6 Å². The van der Waals surface area contributed by atoms with Gasteiger partial charge in [-0.15, -0.1) is 0 Å². The molecule has 2 rings (SSSR count). The fourth-order valence-corrected chi connectivity index (χ4v) is 2.02. The zero-order valence-electron chi connectivity index (χ0n) is 11.7. The van der Waals surface area contributed by atoms with E-state index in [-0.39, 0.29) is 5.97 Å². The SMILES string of the molecule is COC(=O)C(Cc1ccccc1)/N=C\c1ccc(Cl)cc1. The van der Waals surface area contributed by atoms with Crippen molar-refractivity contribution in [2.45, 2.75) is 12.5 Å². The van der Waals surface area contributed by atoms with Gasteiger partial charge >= 0.3 is 5.97 Å². The molecule has 0 saturated heterocycles. The van der Waals surface area contributed by atoms with Gasteiger partial charge in [0.15, 0.2) is 6.04 Å². The molecule has 0 heterocycles. The van der Waals surface area contributed by atoms with Gasteiger partial charge in [0.2, 0.25) is 0 Å². The summed E-state index contributed by atoms with van der Waals surface area (Å²) >= 11 is 5.84. The van der Waals surface area contributed by atoms with Crippen LogP contribution in [0.1, 0.15) is 11.1 Å². The maximum Gasteiger partial charge on any atom is 0.330 e. The first-order chi connectivity index (χ1) is 10.2. The molecule has 2 aromatic carbocycles. The second kappa shape index (κ2) is 7.60. The third-order valence-corrected chi connectivity index (χ3v) is 3.27. The lowest BCUT2D eigenvalue weighted by atomic mass is 10.1. The molecule has 4 heteroatoms. The number of rotatable bonds is 5. The Labute approximate surface area is 129 Å². The molecule has 108 valence electrons. The minimum Gasteiger partial charge on any atom is -0.467 e. The van der Waals surface area contributed by atoms with Gasteiger partial charge in [0.05, 0.1) is 7.11 Å². The predicted octanol–water partition coefficient (Wildman–Crippen LogP) is 3.54. The van der Waals surface area contributed by atoms with Gasteiger partial charge in [0.1, 0.15) is 0 Å². The maximum atomic E-state index is 11.8. The highest BCUT2D eigenvalue weighted by Gasteiger charge is 2.17. The normalized spacial score (nSPS) is 12.3. The molecule has 0 bridgehead atoms. The summed E-state index contributed by atoms with van der Waals surface area (Å²) in [6.45, 7) is 0. The third-order valence-electron chi connectivity index (χ3n) is 3.02. The molecule has 1 atom stereocenters. The minimum atomic E-state index is -0.548. The quantitative estimate of drug-likeness (QED) is 0.626. The van der Waals surface area contributed by atoms with Crippen LogP contribution in [-0.4, -0.2) is 25.3 Å². The monoisotopic (exact) mass is 301 g/mol. The Kier molecular flexibility index (Phi) is 5.52. The van der Waals surface area contributed by atoms with Gasteiger partial charge in [0.25, 0.3) is 0 Å². The number of methoxy groups -OCH3 is 1. The molecule has 0 N–H and O–H groups in total. The van der Waals surface area contributed by atoms with Crippen LogP contribution in [0.4, 0.5) is 0 Å². The Balaban J connectivity index is 2.13. The van der Waals surface area contributed by atoms with Gasteiger partial charge in [-0.25, -0.2) is 4.79 Å². The highest BCUT2D eigenvalue weighted by Crippen LogP contribution is 2.10. The molecule has 0 spiro atoms. The number of halogens is 1. The smallest absolute Gasteiger partial charge is 0.330 e. The summed E-state index contributed by atoms with van der Waals surface area (Å²) in [5, 5.41) is 0.668. The summed E-state index contributed by atoms with van der Waals surface area (Å²) in [5.74, 6) is -0.343. The third kappa shape index (κ3) is 4.72. The Morgan fingerprint density at radius 2 is 1.86 bits per heavy atom. The van der Waals surface area contributed by atoms with Crippen LogP contribution in [0.15, 0.2) is 59.6 Å². The second-order valence-electron chi connectivity index (χ2n) is 4.56. The lowest BCUT2D eigenvalue weighted by Gasteiger charge is -2.10. The lowest BCUT2D eigenvalue weighted by molar-refractivity contribution is -0.142. The molecule has 0 aliphatic rings. The van der Waals surface area contributed by atoms with Crippen LogP contribution in [0.2, 0.25) is 5.02 Å². The standard InChI is InChI=1S/C17H16ClNO2/c1-21-17(20)16(11-13-5-3-2-4-6-13)19-12-14-7-9-15(18)10-8-14/h2-10,12,16H,11H2,1H3/b19-12-. The number of carbonyl (C=O) groups is 1. The summed E-state index contributed by atoms with van der Waals surface area (Å²) in [6.07, 6.45) is 2.18. The fourth-order valence-electron chi connectivity index (χ4n) is 1.90. The van der Waals surface area contributed by atoms with E-state index in [9.17, 15) is 4.79 Å². The van der Waals surface area contributed by atoms with Crippen LogP contribution in [0.5, 0.6) is 0 Å². The molecule has 0 fully saturated rings.